The summed E-state index contributed by atoms with van der Waals surface area (Å²) in [6.45, 7) is 7.38. The van der Waals surface area contributed by atoms with Gasteiger partial charge >= 0.3 is 0 Å². The van der Waals surface area contributed by atoms with Crippen LogP contribution < -0.4 is 0 Å². The van der Waals surface area contributed by atoms with Gasteiger partial charge in [-0.05, 0) is 49.8 Å². The highest BCUT2D eigenvalue weighted by atomic mass is 32.2. The Bertz CT molecular complexity index is 843. The van der Waals surface area contributed by atoms with E-state index in [1.54, 1.807) is 17.3 Å². The van der Waals surface area contributed by atoms with E-state index in [2.05, 4.69) is 23.7 Å². The van der Waals surface area contributed by atoms with Gasteiger partial charge in [0.2, 0.25) is 10.1 Å². The van der Waals surface area contributed by atoms with Gasteiger partial charge in [-0.25, -0.2) is 0 Å². The first-order valence-electron chi connectivity index (χ1n) is 9.39. The number of nitrogens with zero attached hydrogens (tertiary/aromatic N) is 3. The van der Waals surface area contributed by atoms with Gasteiger partial charge in [0.25, 0.3) is 5.91 Å². The van der Waals surface area contributed by atoms with Crippen LogP contribution in [0.5, 0.6) is 0 Å². The Kier molecular flexibility index (Phi) is 6.69. The number of likely N-dealkylation sites (N-methyl/N-ethyl adjacent to an activating group) is 1. The molecule has 0 N–H and O–H groups in total. The smallest absolute Gasteiger partial charge is 0.258 e. The maximum Gasteiger partial charge on any atom is 0.258 e. The Hall–Kier alpha value is -1.96. The van der Waals surface area contributed by atoms with Crippen molar-refractivity contribution in [2.45, 2.75) is 19.6 Å². The molecule has 5 nitrogen and oxygen atoms in total. The molecule has 1 unspecified atom stereocenters. The van der Waals surface area contributed by atoms with E-state index in [4.69, 9.17) is 17.0 Å². The molecule has 0 saturated heterocycles. The summed E-state index contributed by atoms with van der Waals surface area (Å²) in [5, 5.41) is 0. The van der Waals surface area contributed by atoms with Crippen molar-refractivity contribution >= 4 is 34.3 Å². The molecular formula is C21H25N3O2S2. The first-order chi connectivity index (χ1) is 13.6. The maximum absolute atomic E-state index is 13.4. The molecule has 28 heavy (non-hydrogen) atoms. The molecule has 7 heteroatoms. The van der Waals surface area contributed by atoms with Crippen molar-refractivity contribution in [3.8, 4) is 0 Å². The Balaban J connectivity index is 2.15. The first kappa shape index (κ1) is 20.8. The highest BCUT2D eigenvalue weighted by Crippen LogP contribution is 2.45. The van der Waals surface area contributed by atoms with E-state index < -0.39 is 5.72 Å². The van der Waals surface area contributed by atoms with E-state index in [1.807, 2.05) is 42.7 Å². The molecule has 2 heterocycles. The van der Waals surface area contributed by atoms with E-state index in [9.17, 15) is 4.79 Å². The van der Waals surface area contributed by atoms with E-state index in [1.165, 1.54) is 11.8 Å². The van der Waals surface area contributed by atoms with Gasteiger partial charge in [0.15, 0.2) is 0 Å². The molecule has 1 amide bonds. The number of rotatable bonds is 7. The molecule has 0 fully saturated rings. The molecule has 2 aromatic rings. The van der Waals surface area contributed by atoms with Gasteiger partial charge in [0.1, 0.15) is 0 Å². The van der Waals surface area contributed by atoms with Crippen molar-refractivity contribution in [3.63, 3.8) is 0 Å². The normalized spacial score (nSPS) is 18.4. The van der Waals surface area contributed by atoms with Crippen LogP contribution in [0, 0.1) is 0 Å². The summed E-state index contributed by atoms with van der Waals surface area (Å²) < 4.78 is 6.77. The number of fused-ring (bicyclic) bond motifs is 1. The van der Waals surface area contributed by atoms with Gasteiger partial charge in [0.05, 0.1) is 0 Å². The molecule has 1 aliphatic rings. The summed E-state index contributed by atoms with van der Waals surface area (Å²) in [4.78, 5) is 21.8. The lowest BCUT2D eigenvalue weighted by atomic mass is 9.94. The molecule has 0 radical (unpaired) electrons. The van der Waals surface area contributed by atoms with E-state index >= 15 is 0 Å². The van der Waals surface area contributed by atoms with Crippen molar-refractivity contribution in [2.24, 2.45) is 0 Å². The molecule has 1 aromatic carbocycles. The quantitative estimate of drug-likeness (QED) is 0.642. The number of aromatic nitrogens is 1. The van der Waals surface area contributed by atoms with Gasteiger partial charge in [-0.3, -0.25) is 14.7 Å². The molecular weight excluding hydrogens is 390 g/mol. The van der Waals surface area contributed by atoms with Crippen molar-refractivity contribution in [1.29, 1.82) is 0 Å². The first-order valence-corrected chi connectivity index (χ1v) is 11.0. The van der Waals surface area contributed by atoms with Gasteiger partial charge in [-0.1, -0.05) is 43.8 Å². The summed E-state index contributed by atoms with van der Waals surface area (Å²) >= 11 is 6.79. The fourth-order valence-corrected chi connectivity index (χ4v) is 3.97. The zero-order valence-electron chi connectivity index (χ0n) is 16.4. The van der Waals surface area contributed by atoms with E-state index in [0.29, 0.717) is 16.5 Å². The number of thioether (sulfide) groups is 1. The standard InChI is InChI=1S/C21H25N3O2S2/c1-4-23(5-2)13-14-24-19(25)17-10-6-7-11-18(17)21(24,26-20(27)28-3)16-9-8-12-22-15-16/h6-12,15H,4-5,13-14H2,1-3H3. The minimum Gasteiger partial charge on any atom is -0.443 e. The van der Waals surface area contributed by atoms with Crippen LogP contribution >= 0.6 is 24.0 Å². The Morgan fingerprint density at radius 2 is 2.00 bits per heavy atom. The number of thiocarbonyl (C=S) groups is 1. The Morgan fingerprint density at radius 3 is 2.64 bits per heavy atom. The Morgan fingerprint density at radius 1 is 1.25 bits per heavy atom. The van der Waals surface area contributed by atoms with Crippen molar-refractivity contribution in [1.82, 2.24) is 14.8 Å². The molecule has 1 atom stereocenters. The predicted octanol–water partition coefficient (Wildman–Crippen LogP) is 3.74. The number of pyridine rings is 1. The second-order valence-corrected chi connectivity index (χ2v) is 7.88. The number of carbonyl (C=O) groups is 1. The molecule has 0 saturated carbocycles. The maximum atomic E-state index is 13.4. The SMILES string of the molecule is CCN(CC)CCN1C(=O)c2ccccc2C1(OC(=S)SC)c1cccnc1. The monoisotopic (exact) mass is 415 g/mol. The summed E-state index contributed by atoms with van der Waals surface area (Å²) in [7, 11) is 0. The number of benzene rings is 1. The van der Waals surface area contributed by atoms with E-state index in [-0.39, 0.29) is 5.91 Å². The average Bonchev–Trinajstić information content (AvgIpc) is 2.98. The van der Waals surface area contributed by atoms with Gasteiger partial charge in [-0.15, -0.1) is 0 Å². The summed E-state index contributed by atoms with van der Waals surface area (Å²) in [6, 6.07) is 11.4. The number of hydrogen-bond acceptors (Lipinski definition) is 6. The summed E-state index contributed by atoms with van der Waals surface area (Å²) in [5.41, 5.74) is 1.15. The average molecular weight is 416 g/mol. The lowest BCUT2D eigenvalue weighted by Gasteiger charge is -2.39. The molecule has 1 aromatic heterocycles. The van der Waals surface area contributed by atoms with Crippen molar-refractivity contribution < 1.29 is 9.53 Å². The number of ether oxygens (including phenoxy) is 1. The minimum atomic E-state index is -1.10. The molecule has 148 valence electrons. The zero-order valence-corrected chi connectivity index (χ0v) is 18.1. The Labute approximate surface area is 176 Å². The van der Waals surface area contributed by atoms with Crippen molar-refractivity contribution in [3.05, 3.63) is 65.5 Å². The third kappa shape index (κ3) is 3.66. The van der Waals surface area contributed by atoms with Crippen LogP contribution in [0.3, 0.4) is 0 Å². The van der Waals surface area contributed by atoms with Gasteiger partial charge in [-0.2, -0.15) is 0 Å². The van der Waals surface area contributed by atoms with Crippen LogP contribution in [0.2, 0.25) is 0 Å². The third-order valence-corrected chi connectivity index (χ3v) is 6.13. The largest absolute Gasteiger partial charge is 0.443 e. The second kappa shape index (κ2) is 9.03. The molecule has 0 spiro atoms. The minimum absolute atomic E-state index is 0.0458. The second-order valence-electron chi connectivity index (χ2n) is 6.47. The highest BCUT2D eigenvalue weighted by Gasteiger charge is 2.53. The van der Waals surface area contributed by atoms with Gasteiger partial charge < -0.3 is 9.64 Å². The van der Waals surface area contributed by atoms with Crippen LogP contribution in [0.1, 0.15) is 35.3 Å². The topological polar surface area (TPSA) is 45.7 Å². The molecule has 1 aliphatic heterocycles. The summed E-state index contributed by atoms with van der Waals surface area (Å²) in [5.74, 6) is -0.0458. The van der Waals surface area contributed by atoms with Crippen molar-refractivity contribution in [2.75, 3.05) is 32.4 Å². The number of hydrogen-bond donors (Lipinski definition) is 0. The summed E-state index contributed by atoms with van der Waals surface area (Å²) in [6.07, 6.45) is 5.35. The third-order valence-electron chi connectivity index (χ3n) is 5.13. The lowest BCUT2D eigenvalue weighted by molar-refractivity contribution is -0.0363. The predicted molar refractivity (Wildman–Crippen MR) is 117 cm³/mol. The number of amides is 1. The van der Waals surface area contributed by atoms with Crippen LogP contribution in [0.25, 0.3) is 0 Å². The van der Waals surface area contributed by atoms with Crippen LogP contribution in [-0.4, -0.2) is 57.5 Å². The molecule has 0 aliphatic carbocycles. The number of carbonyl (C=O) groups excluding carboxylic acids is 1. The van der Waals surface area contributed by atoms with Crippen LogP contribution in [0.4, 0.5) is 0 Å². The van der Waals surface area contributed by atoms with Crippen LogP contribution in [0.15, 0.2) is 48.8 Å². The fraction of sp³-hybridized carbons (Fsp3) is 0.381. The fourth-order valence-electron chi connectivity index (χ4n) is 3.64. The lowest BCUT2D eigenvalue weighted by Crippen LogP contribution is -2.50. The molecule has 3 rings (SSSR count). The zero-order chi connectivity index (χ0) is 20.1. The van der Waals surface area contributed by atoms with Crippen LogP contribution in [-0.2, 0) is 10.5 Å². The van der Waals surface area contributed by atoms with Gasteiger partial charge in [0, 0.05) is 42.2 Å². The molecule has 0 bridgehead atoms. The van der Waals surface area contributed by atoms with E-state index in [0.717, 1.165) is 30.8 Å². The highest BCUT2D eigenvalue weighted by molar-refractivity contribution is 8.22.